The number of nitro benzene ring substituents is 1. The Labute approximate surface area is 119 Å². The van der Waals surface area contributed by atoms with Crippen molar-refractivity contribution in [3.05, 3.63) is 45.8 Å². The van der Waals surface area contributed by atoms with Crippen molar-refractivity contribution in [2.75, 3.05) is 5.32 Å². The van der Waals surface area contributed by atoms with E-state index < -0.39 is 4.92 Å². The number of fused-ring (bicyclic) bond motifs is 1. The second-order valence-corrected chi connectivity index (χ2v) is 4.81. The standard InChI is InChI=1S/C13H13N5O3/c19-12(9-4-6-10(7-5-9)18(20)21)14-13-16-15-11-3-1-2-8-17(11)13/h4-7H,1-3,8H2,(H,14,16,19). The van der Waals surface area contributed by atoms with Crippen molar-refractivity contribution in [3.63, 3.8) is 0 Å². The van der Waals surface area contributed by atoms with Crippen LogP contribution >= 0.6 is 0 Å². The van der Waals surface area contributed by atoms with Crippen LogP contribution in [0.5, 0.6) is 0 Å². The highest BCUT2D eigenvalue weighted by Crippen LogP contribution is 2.18. The molecule has 21 heavy (non-hydrogen) atoms. The molecular weight excluding hydrogens is 274 g/mol. The number of benzene rings is 1. The minimum Gasteiger partial charge on any atom is -0.297 e. The van der Waals surface area contributed by atoms with Crippen molar-refractivity contribution in [1.29, 1.82) is 0 Å². The number of anilines is 1. The minimum atomic E-state index is -0.503. The molecule has 1 amide bonds. The number of nitrogens with zero attached hydrogens (tertiary/aromatic N) is 4. The van der Waals surface area contributed by atoms with Crippen molar-refractivity contribution in [3.8, 4) is 0 Å². The first kappa shape index (κ1) is 13.2. The Bertz CT molecular complexity index is 692. The number of hydrogen-bond acceptors (Lipinski definition) is 5. The van der Waals surface area contributed by atoms with E-state index in [2.05, 4.69) is 15.5 Å². The summed E-state index contributed by atoms with van der Waals surface area (Å²) in [5.74, 6) is 0.943. The number of aromatic nitrogens is 3. The number of nitro groups is 1. The molecule has 0 saturated heterocycles. The molecule has 8 heteroatoms. The van der Waals surface area contributed by atoms with Gasteiger partial charge in [0, 0.05) is 30.7 Å². The van der Waals surface area contributed by atoms with Crippen LogP contribution in [0, 0.1) is 10.1 Å². The van der Waals surface area contributed by atoms with Gasteiger partial charge in [0.1, 0.15) is 5.82 Å². The van der Waals surface area contributed by atoms with Gasteiger partial charge in [-0.05, 0) is 25.0 Å². The molecule has 1 aliphatic heterocycles. The van der Waals surface area contributed by atoms with Crippen molar-refractivity contribution >= 4 is 17.5 Å². The van der Waals surface area contributed by atoms with Crippen LogP contribution in [0.25, 0.3) is 0 Å². The first-order chi connectivity index (χ1) is 10.1. The molecule has 3 rings (SSSR count). The number of nitrogens with one attached hydrogen (secondary N) is 1. The smallest absolute Gasteiger partial charge is 0.269 e. The SMILES string of the molecule is O=C(Nc1nnc2n1CCCC2)c1ccc([N+](=O)[O-])cc1. The predicted octanol–water partition coefficient (Wildman–Crippen LogP) is 1.77. The second-order valence-electron chi connectivity index (χ2n) is 4.81. The summed E-state index contributed by atoms with van der Waals surface area (Å²) in [5.41, 5.74) is 0.292. The summed E-state index contributed by atoms with van der Waals surface area (Å²) in [7, 11) is 0. The molecule has 0 bridgehead atoms. The number of rotatable bonds is 3. The normalized spacial score (nSPS) is 13.5. The van der Waals surface area contributed by atoms with Crippen LogP contribution in [-0.2, 0) is 13.0 Å². The molecule has 1 N–H and O–H groups in total. The van der Waals surface area contributed by atoms with Crippen molar-refractivity contribution < 1.29 is 9.72 Å². The Morgan fingerprint density at radius 1 is 1.24 bits per heavy atom. The molecule has 2 aromatic rings. The molecule has 1 aromatic heterocycles. The Morgan fingerprint density at radius 2 is 2.00 bits per heavy atom. The third-order valence-electron chi connectivity index (χ3n) is 3.43. The van der Waals surface area contributed by atoms with Gasteiger partial charge in [-0.25, -0.2) is 0 Å². The summed E-state index contributed by atoms with van der Waals surface area (Å²) < 4.78 is 1.90. The first-order valence-corrected chi connectivity index (χ1v) is 6.63. The van der Waals surface area contributed by atoms with Crippen molar-refractivity contribution in [2.24, 2.45) is 0 Å². The maximum absolute atomic E-state index is 12.1. The average Bonchev–Trinajstić information content (AvgIpc) is 2.91. The fraction of sp³-hybridized carbons (Fsp3) is 0.308. The monoisotopic (exact) mass is 287 g/mol. The summed E-state index contributed by atoms with van der Waals surface area (Å²) in [6, 6.07) is 5.43. The molecule has 0 fully saturated rings. The van der Waals surface area contributed by atoms with Gasteiger partial charge < -0.3 is 0 Å². The zero-order chi connectivity index (χ0) is 14.8. The molecule has 0 atom stereocenters. The molecule has 0 spiro atoms. The lowest BCUT2D eigenvalue weighted by Crippen LogP contribution is -2.18. The molecule has 108 valence electrons. The van der Waals surface area contributed by atoms with Crippen LogP contribution in [0.3, 0.4) is 0 Å². The van der Waals surface area contributed by atoms with E-state index in [9.17, 15) is 14.9 Å². The van der Waals surface area contributed by atoms with Gasteiger partial charge in [0.15, 0.2) is 0 Å². The lowest BCUT2D eigenvalue weighted by Gasteiger charge is -2.14. The van der Waals surface area contributed by atoms with Gasteiger partial charge in [0.25, 0.3) is 11.6 Å². The minimum absolute atomic E-state index is 0.0496. The third-order valence-corrected chi connectivity index (χ3v) is 3.43. The Morgan fingerprint density at radius 3 is 2.71 bits per heavy atom. The molecule has 0 radical (unpaired) electrons. The zero-order valence-corrected chi connectivity index (χ0v) is 11.2. The largest absolute Gasteiger partial charge is 0.297 e. The van der Waals surface area contributed by atoms with Gasteiger partial charge in [-0.2, -0.15) is 0 Å². The number of aryl methyl sites for hydroxylation is 1. The second kappa shape index (κ2) is 5.31. The van der Waals surface area contributed by atoms with Crippen LogP contribution in [0.15, 0.2) is 24.3 Å². The van der Waals surface area contributed by atoms with Gasteiger partial charge >= 0.3 is 0 Å². The number of non-ortho nitro benzene ring substituents is 1. The summed E-state index contributed by atoms with van der Waals surface area (Å²) in [6.07, 6.45) is 2.97. The van der Waals surface area contributed by atoms with Crippen LogP contribution in [0.2, 0.25) is 0 Å². The maximum Gasteiger partial charge on any atom is 0.269 e. The van der Waals surface area contributed by atoms with E-state index in [1.54, 1.807) is 0 Å². The molecule has 0 saturated carbocycles. The Kier molecular flexibility index (Phi) is 3.35. The molecule has 8 nitrogen and oxygen atoms in total. The number of amides is 1. The Hall–Kier alpha value is -2.77. The third kappa shape index (κ3) is 2.60. The molecular formula is C13H13N5O3. The van der Waals surface area contributed by atoms with E-state index >= 15 is 0 Å². The molecule has 1 aliphatic rings. The highest BCUT2D eigenvalue weighted by Gasteiger charge is 2.18. The molecule has 1 aromatic carbocycles. The number of hydrogen-bond donors (Lipinski definition) is 1. The number of carbonyl (C=O) groups is 1. The summed E-state index contributed by atoms with van der Waals surface area (Å²) in [5, 5.41) is 21.3. The zero-order valence-electron chi connectivity index (χ0n) is 11.2. The maximum atomic E-state index is 12.1. The van der Waals surface area contributed by atoms with Gasteiger partial charge in [-0.15, -0.1) is 10.2 Å². The van der Waals surface area contributed by atoms with E-state index in [1.165, 1.54) is 24.3 Å². The highest BCUT2D eigenvalue weighted by molar-refractivity contribution is 6.03. The highest BCUT2D eigenvalue weighted by atomic mass is 16.6. The average molecular weight is 287 g/mol. The lowest BCUT2D eigenvalue weighted by molar-refractivity contribution is -0.384. The van der Waals surface area contributed by atoms with Gasteiger partial charge in [-0.3, -0.25) is 24.8 Å². The van der Waals surface area contributed by atoms with Gasteiger partial charge in [0.05, 0.1) is 4.92 Å². The fourth-order valence-corrected chi connectivity index (χ4v) is 2.31. The first-order valence-electron chi connectivity index (χ1n) is 6.63. The summed E-state index contributed by atoms with van der Waals surface area (Å²) >= 11 is 0. The Balaban J connectivity index is 1.77. The van der Waals surface area contributed by atoms with E-state index in [0.717, 1.165) is 31.6 Å². The number of carbonyl (C=O) groups excluding carboxylic acids is 1. The lowest BCUT2D eigenvalue weighted by atomic mass is 10.2. The van der Waals surface area contributed by atoms with E-state index in [0.29, 0.717) is 11.5 Å². The van der Waals surface area contributed by atoms with Crippen LogP contribution in [0.4, 0.5) is 11.6 Å². The van der Waals surface area contributed by atoms with E-state index in [-0.39, 0.29) is 11.6 Å². The van der Waals surface area contributed by atoms with Crippen LogP contribution in [0.1, 0.15) is 29.0 Å². The van der Waals surface area contributed by atoms with Crippen LogP contribution < -0.4 is 5.32 Å². The van der Waals surface area contributed by atoms with E-state index in [4.69, 9.17) is 0 Å². The molecule has 2 heterocycles. The van der Waals surface area contributed by atoms with Crippen molar-refractivity contribution in [2.45, 2.75) is 25.8 Å². The van der Waals surface area contributed by atoms with E-state index in [1.807, 2.05) is 4.57 Å². The topological polar surface area (TPSA) is 103 Å². The molecule has 0 aliphatic carbocycles. The summed E-state index contributed by atoms with van der Waals surface area (Å²) in [4.78, 5) is 22.2. The fourth-order valence-electron chi connectivity index (χ4n) is 2.31. The predicted molar refractivity (Wildman–Crippen MR) is 74.0 cm³/mol. The van der Waals surface area contributed by atoms with Crippen molar-refractivity contribution in [1.82, 2.24) is 14.8 Å². The van der Waals surface area contributed by atoms with Gasteiger partial charge in [-0.1, -0.05) is 0 Å². The summed E-state index contributed by atoms with van der Waals surface area (Å²) in [6.45, 7) is 0.790. The quantitative estimate of drug-likeness (QED) is 0.684. The van der Waals surface area contributed by atoms with Gasteiger partial charge in [0.2, 0.25) is 5.95 Å². The van der Waals surface area contributed by atoms with Crippen LogP contribution in [-0.4, -0.2) is 25.6 Å². The molecule has 0 unspecified atom stereocenters.